The summed E-state index contributed by atoms with van der Waals surface area (Å²) in [6, 6.07) is 9.47. The monoisotopic (exact) mass is 369 g/mol. The minimum atomic E-state index is -0.459. The van der Waals surface area contributed by atoms with Gasteiger partial charge in [-0.1, -0.05) is 11.6 Å². The van der Waals surface area contributed by atoms with Crippen LogP contribution in [-0.4, -0.2) is 39.6 Å². The number of ketones is 1. The zero-order valence-electron chi connectivity index (χ0n) is 16.4. The Kier molecular flexibility index (Phi) is 5.19. The van der Waals surface area contributed by atoms with Gasteiger partial charge in [-0.05, 0) is 43.7 Å². The van der Waals surface area contributed by atoms with Crippen molar-refractivity contribution in [3.63, 3.8) is 0 Å². The molecule has 2 aromatic rings. The van der Waals surface area contributed by atoms with Gasteiger partial charge in [0, 0.05) is 5.56 Å². The Balaban J connectivity index is 1.80. The minimum absolute atomic E-state index is 0.411. The SMILES string of the molecule is COc1cc(C)c(C[NH+](C)CN2C(=O)C(=O)c3cc(C)ccc32)cc1OC. The van der Waals surface area contributed by atoms with Gasteiger partial charge in [0.1, 0.15) is 6.54 Å². The first-order valence-electron chi connectivity index (χ1n) is 8.85. The van der Waals surface area contributed by atoms with Gasteiger partial charge in [0.15, 0.2) is 18.2 Å². The van der Waals surface area contributed by atoms with Gasteiger partial charge < -0.3 is 14.4 Å². The van der Waals surface area contributed by atoms with E-state index in [1.165, 1.54) is 0 Å². The van der Waals surface area contributed by atoms with Crippen molar-refractivity contribution in [2.75, 3.05) is 32.8 Å². The van der Waals surface area contributed by atoms with E-state index in [-0.39, 0.29) is 0 Å². The molecule has 0 radical (unpaired) electrons. The lowest BCUT2D eigenvalue weighted by atomic mass is 10.1. The smallest absolute Gasteiger partial charge is 0.303 e. The number of methoxy groups -OCH3 is 2. The molecule has 1 aliphatic rings. The molecule has 142 valence electrons. The molecule has 0 spiro atoms. The molecule has 0 aliphatic carbocycles. The summed E-state index contributed by atoms with van der Waals surface area (Å²) in [6.45, 7) is 5.03. The first-order valence-corrected chi connectivity index (χ1v) is 8.85. The molecular weight excluding hydrogens is 344 g/mol. The van der Waals surface area contributed by atoms with E-state index >= 15 is 0 Å². The van der Waals surface area contributed by atoms with Crippen LogP contribution < -0.4 is 19.3 Å². The minimum Gasteiger partial charge on any atom is -0.493 e. The van der Waals surface area contributed by atoms with Crippen molar-refractivity contribution in [2.45, 2.75) is 20.4 Å². The molecule has 6 heteroatoms. The van der Waals surface area contributed by atoms with Crippen molar-refractivity contribution in [1.29, 1.82) is 0 Å². The highest BCUT2D eigenvalue weighted by Crippen LogP contribution is 2.30. The topological polar surface area (TPSA) is 60.3 Å². The van der Waals surface area contributed by atoms with Crippen LogP contribution in [0.4, 0.5) is 5.69 Å². The predicted octanol–water partition coefficient (Wildman–Crippen LogP) is 1.52. The van der Waals surface area contributed by atoms with Crippen LogP contribution in [-0.2, 0) is 11.3 Å². The van der Waals surface area contributed by atoms with Crippen molar-refractivity contribution in [3.8, 4) is 11.5 Å². The van der Waals surface area contributed by atoms with Crippen LogP contribution in [0.1, 0.15) is 27.0 Å². The van der Waals surface area contributed by atoms with E-state index in [0.29, 0.717) is 36.0 Å². The number of quaternary nitrogens is 1. The molecule has 2 aromatic carbocycles. The lowest BCUT2D eigenvalue weighted by molar-refractivity contribution is -0.892. The van der Waals surface area contributed by atoms with Crippen LogP contribution in [0.3, 0.4) is 0 Å². The molecule has 1 amide bonds. The van der Waals surface area contributed by atoms with E-state index in [1.54, 1.807) is 25.2 Å². The number of ether oxygens (including phenoxy) is 2. The average Bonchev–Trinajstić information content (AvgIpc) is 2.87. The fourth-order valence-electron chi connectivity index (χ4n) is 3.44. The molecule has 0 bridgehead atoms. The lowest BCUT2D eigenvalue weighted by Crippen LogP contribution is -3.09. The van der Waals surface area contributed by atoms with Crippen molar-refractivity contribution >= 4 is 17.4 Å². The first-order chi connectivity index (χ1) is 12.8. The number of anilines is 1. The van der Waals surface area contributed by atoms with Gasteiger partial charge in [0.25, 0.3) is 5.78 Å². The van der Waals surface area contributed by atoms with Crippen LogP contribution in [0.15, 0.2) is 30.3 Å². The predicted molar refractivity (Wildman–Crippen MR) is 103 cm³/mol. The quantitative estimate of drug-likeness (QED) is 0.785. The Morgan fingerprint density at radius 1 is 1.00 bits per heavy atom. The summed E-state index contributed by atoms with van der Waals surface area (Å²) in [7, 11) is 5.23. The van der Waals surface area contributed by atoms with Crippen LogP contribution >= 0.6 is 0 Å². The molecule has 1 unspecified atom stereocenters. The van der Waals surface area contributed by atoms with Crippen molar-refractivity contribution in [2.24, 2.45) is 0 Å². The highest BCUT2D eigenvalue weighted by molar-refractivity contribution is 6.52. The summed E-state index contributed by atoms with van der Waals surface area (Å²) in [5.74, 6) is 0.489. The molecule has 1 aliphatic heterocycles. The van der Waals surface area contributed by atoms with Gasteiger partial charge in [-0.3, -0.25) is 14.5 Å². The number of Topliss-reactive ketones (excluding diaryl/α,β-unsaturated/α-hetero) is 1. The van der Waals surface area contributed by atoms with Crippen LogP contribution in [0.2, 0.25) is 0 Å². The number of carbonyl (C=O) groups excluding carboxylic acids is 2. The van der Waals surface area contributed by atoms with Crippen LogP contribution in [0.25, 0.3) is 0 Å². The Morgan fingerprint density at radius 2 is 1.67 bits per heavy atom. The summed E-state index contributed by atoms with van der Waals surface area (Å²) in [4.78, 5) is 27.4. The molecule has 1 heterocycles. The average molecular weight is 369 g/mol. The van der Waals surface area contributed by atoms with Gasteiger partial charge in [-0.2, -0.15) is 0 Å². The number of hydrogen-bond donors (Lipinski definition) is 1. The number of nitrogens with zero attached hydrogens (tertiary/aromatic N) is 1. The third-order valence-corrected chi connectivity index (χ3v) is 4.89. The largest absolute Gasteiger partial charge is 0.493 e. The van der Waals surface area contributed by atoms with Gasteiger partial charge in [0.05, 0.1) is 32.5 Å². The second-order valence-electron chi connectivity index (χ2n) is 7.01. The maximum atomic E-state index is 12.4. The Hall–Kier alpha value is -2.86. The van der Waals surface area contributed by atoms with E-state index in [2.05, 4.69) is 0 Å². The lowest BCUT2D eigenvalue weighted by Gasteiger charge is -2.23. The summed E-state index contributed by atoms with van der Waals surface area (Å²) >= 11 is 0. The number of rotatable bonds is 6. The summed E-state index contributed by atoms with van der Waals surface area (Å²) in [6.07, 6.45) is 0. The number of amides is 1. The third kappa shape index (κ3) is 3.53. The zero-order valence-corrected chi connectivity index (χ0v) is 16.4. The van der Waals surface area contributed by atoms with Gasteiger partial charge in [-0.25, -0.2) is 0 Å². The molecule has 27 heavy (non-hydrogen) atoms. The summed E-state index contributed by atoms with van der Waals surface area (Å²) in [5, 5.41) is 0. The van der Waals surface area contributed by atoms with E-state index in [4.69, 9.17) is 9.47 Å². The number of hydrogen-bond acceptors (Lipinski definition) is 4. The zero-order chi connectivity index (χ0) is 19.7. The van der Waals surface area contributed by atoms with Crippen molar-refractivity contribution in [3.05, 3.63) is 52.6 Å². The summed E-state index contributed by atoms with van der Waals surface area (Å²) < 4.78 is 10.7. The number of fused-ring (bicyclic) bond motifs is 1. The highest BCUT2D eigenvalue weighted by Gasteiger charge is 2.37. The van der Waals surface area contributed by atoms with E-state index in [1.807, 2.05) is 45.2 Å². The normalized spacial score (nSPS) is 14.3. The van der Waals surface area contributed by atoms with Gasteiger partial charge in [-0.15, -0.1) is 0 Å². The summed E-state index contributed by atoms with van der Waals surface area (Å²) in [5.41, 5.74) is 4.35. The Labute approximate surface area is 159 Å². The van der Waals surface area contributed by atoms with E-state index in [0.717, 1.165) is 21.6 Å². The second kappa shape index (κ2) is 7.40. The number of carbonyl (C=O) groups is 2. The number of benzene rings is 2. The molecule has 0 saturated carbocycles. The van der Waals surface area contributed by atoms with Crippen LogP contribution in [0, 0.1) is 13.8 Å². The standard InChI is InChI=1S/C21H24N2O4/c1-13-6-7-17-16(8-13)20(24)21(25)23(17)12-22(3)11-15-10-19(27-5)18(26-4)9-14(15)2/h6-10H,11-12H2,1-5H3/p+1. The molecule has 1 N–H and O–H groups in total. The van der Waals surface area contributed by atoms with E-state index < -0.39 is 11.7 Å². The van der Waals surface area contributed by atoms with Crippen LogP contribution in [0.5, 0.6) is 11.5 Å². The second-order valence-corrected chi connectivity index (χ2v) is 7.01. The molecule has 0 fully saturated rings. The van der Waals surface area contributed by atoms with Gasteiger partial charge in [0.2, 0.25) is 0 Å². The number of nitrogens with one attached hydrogen (secondary N) is 1. The fourth-order valence-corrected chi connectivity index (χ4v) is 3.44. The molecular formula is C21H25N2O4+. The molecule has 0 saturated heterocycles. The van der Waals surface area contributed by atoms with Gasteiger partial charge >= 0.3 is 5.91 Å². The molecule has 1 atom stereocenters. The maximum absolute atomic E-state index is 12.4. The number of aryl methyl sites for hydroxylation is 2. The molecule has 6 nitrogen and oxygen atoms in total. The third-order valence-electron chi connectivity index (χ3n) is 4.89. The maximum Gasteiger partial charge on any atom is 0.303 e. The Morgan fingerprint density at radius 3 is 2.33 bits per heavy atom. The highest BCUT2D eigenvalue weighted by atomic mass is 16.5. The van der Waals surface area contributed by atoms with E-state index in [9.17, 15) is 9.59 Å². The molecule has 0 aromatic heterocycles. The van der Waals surface area contributed by atoms with Crippen molar-refractivity contribution in [1.82, 2.24) is 0 Å². The fraction of sp³-hybridized carbons (Fsp3) is 0.333. The first kappa shape index (κ1) is 18.9. The van der Waals surface area contributed by atoms with Crippen molar-refractivity contribution < 1.29 is 24.0 Å². The molecule has 3 rings (SSSR count). The Bertz CT molecular complexity index is 907.